The first-order valence-corrected chi connectivity index (χ1v) is 6.52. The molecule has 1 amide bonds. The topological polar surface area (TPSA) is 93.4 Å². The van der Waals surface area contributed by atoms with Gasteiger partial charge in [-0.05, 0) is 15.9 Å². The molecule has 0 aromatic carbocycles. The number of carbonyl (C=O) groups is 1. The second kappa shape index (κ2) is 5.15. The lowest BCUT2D eigenvalue weighted by molar-refractivity contribution is -0.119. The Balaban J connectivity index is 2.03. The van der Waals surface area contributed by atoms with Crippen LogP contribution in [0, 0.1) is 0 Å². The third kappa shape index (κ3) is 2.59. The van der Waals surface area contributed by atoms with Crippen molar-refractivity contribution in [2.24, 2.45) is 12.8 Å². The standard InChI is InChI=1S/C10H17BrN6O/c1-15-10(8(13)9(11)14-15)17-4-2-16(3-5-17)6-7(12)18/h2-6,13H2,1H3,(H2,12,18). The van der Waals surface area contributed by atoms with Crippen LogP contribution in [-0.2, 0) is 11.8 Å². The van der Waals surface area contributed by atoms with Crippen LogP contribution >= 0.6 is 15.9 Å². The molecule has 1 fully saturated rings. The highest BCUT2D eigenvalue weighted by Crippen LogP contribution is 2.30. The van der Waals surface area contributed by atoms with Crippen molar-refractivity contribution in [1.29, 1.82) is 0 Å². The quantitative estimate of drug-likeness (QED) is 0.774. The van der Waals surface area contributed by atoms with Crippen LogP contribution in [0.3, 0.4) is 0 Å². The Labute approximate surface area is 114 Å². The molecular formula is C10H17BrN6O. The third-order valence-corrected chi connectivity index (χ3v) is 3.64. The summed E-state index contributed by atoms with van der Waals surface area (Å²) in [4.78, 5) is 15.1. The number of nitrogen functional groups attached to an aromatic ring is 1. The summed E-state index contributed by atoms with van der Waals surface area (Å²) in [5, 5.41) is 4.23. The Morgan fingerprint density at radius 1 is 1.39 bits per heavy atom. The van der Waals surface area contributed by atoms with Gasteiger partial charge < -0.3 is 16.4 Å². The average molecular weight is 317 g/mol. The fraction of sp³-hybridized carbons (Fsp3) is 0.600. The molecule has 0 radical (unpaired) electrons. The van der Waals surface area contributed by atoms with Crippen molar-refractivity contribution in [2.75, 3.05) is 43.4 Å². The van der Waals surface area contributed by atoms with Crippen LogP contribution in [0.1, 0.15) is 0 Å². The number of rotatable bonds is 3. The molecule has 8 heteroatoms. The van der Waals surface area contributed by atoms with Gasteiger partial charge in [-0.2, -0.15) is 5.10 Å². The lowest BCUT2D eigenvalue weighted by Gasteiger charge is -2.35. The summed E-state index contributed by atoms with van der Waals surface area (Å²) >= 11 is 3.32. The van der Waals surface area contributed by atoms with Crippen LogP contribution in [0.15, 0.2) is 4.60 Å². The van der Waals surface area contributed by atoms with Gasteiger partial charge in [0.25, 0.3) is 0 Å². The summed E-state index contributed by atoms with van der Waals surface area (Å²) in [5.41, 5.74) is 11.8. The largest absolute Gasteiger partial charge is 0.393 e. The molecule has 2 rings (SSSR count). The van der Waals surface area contributed by atoms with Crippen molar-refractivity contribution < 1.29 is 4.79 Å². The number of carbonyl (C=O) groups excluding carboxylic acids is 1. The number of nitrogens with two attached hydrogens (primary N) is 2. The van der Waals surface area contributed by atoms with E-state index < -0.39 is 0 Å². The number of primary amides is 1. The number of anilines is 2. The van der Waals surface area contributed by atoms with Gasteiger partial charge in [0, 0.05) is 33.2 Å². The van der Waals surface area contributed by atoms with Crippen LogP contribution < -0.4 is 16.4 Å². The van der Waals surface area contributed by atoms with Crippen LogP contribution in [0.4, 0.5) is 11.5 Å². The molecule has 1 aliphatic rings. The minimum atomic E-state index is -0.286. The van der Waals surface area contributed by atoms with E-state index in [0.29, 0.717) is 16.8 Å². The maximum atomic E-state index is 10.9. The zero-order valence-electron chi connectivity index (χ0n) is 10.3. The number of hydrogen-bond donors (Lipinski definition) is 2. The zero-order chi connectivity index (χ0) is 13.3. The first-order chi connectivity index (χ1) is 8.49. The monoisotopic (exact) mass is 316 g/mol. The predicted octanol–water partition coefficient (Wildman–Crippen LogP) is -0.628. The van der Waals surface area contributed by atoms with Gasteiger partial charge in [-0.15, -0.1) is 0 Å². The van der Waals surface area contributed by atoms with Crippen molar-refractivity contribution in [3.05, 3.63) is 4.60 Å². The van der Waals surface area contributed by atoms with Crippen LogP contribution in [0.2, 0.25) is 0 Å². The molecule has 18 heavy (non-hydrogen) atoms. The summed E-state index contributed by atoms with van der Waals surface area (Å²) in [5.74, 6) is 0.631. The first kappa shape index (κ1) is 13.2. The van der Waals surface area contributed by atoms with E-state index >= 15 is 0 Å². The number of aryl methyl sites for hydroxylation is 1. The minimum Gasteiger partial charge on any atom is -0.393 e. The van der Waals surface area contributed by atoms with Gasteiger partial charge in [0.1, 0.15) is 5.69 Å². The SMILES string of the molecule is Cn1nc(Br)c(N)c1N1CCN(CC(N)=O)CC1. The Bertz CT molecular complexity index is 451. The molecular weight excluding hydrogens is 300 g/mol. The highest BCUT2D eigenvalue weighted by atomic mass is 79.9. The van der Waals surface area contributed by atoms with E-state index in [2.05, 4.69) is 25.9 Å². The summed E-state index contributed by atoms with van der Waals surface area (Å²) in [6.45, 7) is 3.53. The Hall–Kier alpha value is -1.28. The van der Waals surface area contributed by atoms with Gasteiger partial charge in [0.15, 0.2) is 10.4 Å². The normalized spacial score (nSPS) is 17.1. The van der Waals surface area contributed by atoms with Gasteiger partial charge >= 0.3 is 0 Å². The molecule has 0 atom stereocenters. The molecule has 0 saturated carbocycles. The van der Waals surface area contributed by atoms with Crippen LogP contribution in [-0.4, -0.2) is 53.3 Å². The third-order valence-electron chi connectivity index (χ3n) is 3.06. The highest BCUT2D eigenvalue weighted by molar-refractivity contribution is 9.10. The molecule has 7 nitrogen and oxygen atoms in total. The van der Waals surface area contributed by atoms with E-state index in [9.17, 15) is 4.79 Å². The number of hydrogen-bond acceptors (Lipinski definition) is 5. The van der Waals surface area contributed by atoms with Gasteiger partial charge in [0.2, 0.25) is 5.91 Å². The van der Waals surface area contributed by atoms with Crippen molar-refractivity contribution in [3.63, 3.8) is 0 Å². The highest BCUT2D eigenvalue weighted by Gasteiger charge is 2.23. The molecule has 4 N–H and O–H groups in total. The average Bonchev–Trinajstić information content (AvgIpc) is 2.54. The molecule has 0 unspecified atom stereocenters. The van der Waals surface area contributed by atoms with E-state index in [1.807, 2.05) is 11.9 Å². The molecule has 0 aliphatic carbocycles. The fourth-order valence-electron chi connectivity index (χ4n) is 2.21. The van der Waals surface area contributed by atoms with Crippen molar-refractivity contribution in [3.8, 4) is 0 Å². The first-order valence-electron chi connectivity index (χ1n) is 5.72. The number of aromatic nitrogens is 2. The molecule has 0 bridgehead atoms. The van der Waals surface area contributed by atoms with E-state index in [4.69, 9.17) is 11.5 Å². The molecule has 1 saturated heterocycles. The van der Waals surface area contributed by atoms with Crippen LogP contribution in [0.25, 0.3) is 0 Å². The fourth-order valence-corrected chi connectivity index (χ4v) is 2.63. The predicted molar refractivity (Wildman–Crippen MR) is 73.2 cm³/mol. The zero-order valence-corrected chi connectivity index (χ0v) is 11.9. The van der Waals surface area contributed by atoms with Gasteiger partial charge in [-0.3, -0.25) is 9.69 Å². The van der Waals surface area contributed by atoms with Crippen molar-refractivity contribution in [1.82, 2.24) is 14.7 Å². The Morgan fingerprint density at radius 3 is 2.44 bits per heavy atom. The number of nitrogens with zero attached hydrogens (tertiary/aromatic N) is 4. The Morgan fingerprint density at radius 2 is 2.00 bits per heavy atom. The molecule has 1 aromatic heterocycles. The summed E-state index contributed by atoms with van der Waals surface area (Å²) < 4.78 is 2.43. The number of piperazine rings is 1. The minimum absolute atomic E-state index is 0.286. The lowest BCUT2D eigenvalue weighted by atomic mass is 10.3. The van der Waals surface area contributed by atoms with E-state index in [-0.39, 0.29) is 5.91 Å². The number of halogens is 1. The lowest BCUT2D eigenvalue weighted by Crippen LogP contribution is -2.49. The van der Waals surface area contributed by atoms with Crippen molar-refractivity contribution in [2.45, 2.75) is 0 Å². The van der Waals surface area contributed by atoms with Crippen molar-refractivity contribution >= 4 is 33.3 Å². The smallest absolute Gasteiger partial charge is 0.231 e. The summed E-state index contributed by atoms with van der Waals surface area (Å²) in [7, 11) is 1.87. The summed E-state index contributed by atoms with van der Waals surface area (Å²) in [6, 6.07) is 0. The molecule has 1 aliphatic heterocycles. The molecule has 1 aromatic rings. The van der Waals surface area contributed by atoms with E-state index in [0.717, 1.165) is 32.0 Å². The van der Waals surface area contributed by atoms with Gasteiger partial charge in [-0.1, -0.05) is 0 Å². The van der Waals surface area contributed by atoms with Gasteiger partial charge in [-0.25, -0.2) is 4.68 Å². The maximum Gasteiger partial charge on any atom is 0.231 e. The second-order valence-electron chi connectivity index (χ2n) is 4.38. The summed E-state index contributed by atoms with van der Waals surface area (Å²) in [6.07, 6.45) is 0. The molecule has 0 spiro atoms. The van der Waals surface area contributed by atoms with Gasteiger partial charge in [0.05, 0.1) is 6.54 Å². The maximum absolute atomic E-state index is 10.9. The van der Waals surface area contributed by atoms with E-state index in [1.54, 1.807) is 4.68 Å². The second-order valence-corrected chi connectivity index (χ2v) is 5.13. The number of amides is 1. The van der Waals surface area contributed by atoms with Crippen LogP contribution in [0.5, 0.6) is 0 Å². The molecule has 2 heterocycles. The van der Waals surface area contributed by atoms with E-state index in [1.165, 1.54) is 0 Å². The Kier molecular flexibility index (Phi) is 3.76. The molecule has 100 valence electrons.